The Balaban J connectivity index is 1.41. The number of likely N-dealkylation sites (tertiary alicyclic amines) is 2. The molecular formula is C15H29N3. The zero-order valence-corrected chi connectivity index (χ0v) is 12.1. The van der Waals surface area contributed by atoms with E-state index in [-0.39, 0.29) is 0 Å². The molecule has 1 unspecified atom stereocenters. The van der Waals surface area contributed by atoms with Crippen LogP contribution in [0.3, 0.4) is 0 Å². The Bertz CT molecular complexity index is 279. The van der Waals surface area contributed by atoms with Crippen molar-refractivity contribution in [2.24, 2.45) is 5.41 Å². The smallest absolute Gasteiger partial charge is 0.0207 e. The van der Waals surface area contributed by atoms with E-state index in [2.05, 4.69) is 29.1 Å². The van der Waals surface area contributed by atoms with Crippen LogP contribution in [-0.2, 0) is 0 Å². The van der Waals surface area contributed by atoms with Gasteiger partial charge in [-0.1, -0.05) is 6.92 Å². The van der Waals surface area contributed by atoms with Crippen LogP contribution in [0.4, 0.5) is 0 Å². The molecule has 2 aliphatic heterocycles. The lowest BCUT2D eigenvalue weighted by Gasteiger charge is -2.38. The molecule has 3 heteroatoms. The van der Waals surface area contributed by atoms with Crippen LogP contribution in [0.2, 0.25) is 0 Å². The summed E-state index contributed by atoms with van der Waals surface area (Å²) in [6, 6.07) is 1.72. The van der Waals surface area contributed by atoms with E-state index < -0.39 is 0 Å². The first-order chi connectivity index (χ1) is 8.65. The number of nitrogens with zero attached hydrogens (tertiary/aromatic N) is 2. The molecule has 1 aliphatic carbocycles. The summed E-state index contributed by atoms with van der Waals surface area (Å²) in [4.78, 5) is 5.17. The molecule has 0 aromatic carbocycles. The lowest BCUT2D eigenvalue weighted by molar-refractivity contribution is 0.133. The quantitative estimate of drug-likeness (QED) is 0.818. The zero-order valence-electron chi connectivity index (χ0n) is 12.1. The number of rotatable bonds is 4. The minimum absolute atomic E-state index is 0.541. The molecule has 2 saturated heterocycles. The summed E-state index contributed by atoms with van der Waals surface area (Å²) in [5.74, 6) is 0. The molecule has 0 aromatic rings. The van der Waals surface area contributed by atoms with Crippen molar-refractivity contribution in [3.8, 4) is 0 Å². The van der Waals surface area contributed by atoms with Crippen molar-refractivity contribution in [3.05, 3.63) is 0 Å². The summed E-state index contributed by atoms with van der Waals surface area (Å²) >= 11 is 0. The molecule has 3 nitrogen and oxygen atoms in total. The third-order valence-electron chi connectivity index (χ3n) is 5.29. The molecule has 3 aliphatic rings. The molecule has 0 bridgehead atoms. The van der Waals surface area contributed by atoms with E-state index in [1.54, 1.807) is 0 Å². The molecule has 0 radical (unpaired) electrons. The van der Waals surface area contributed by atoms with Crippen molar-refractivity contribution in [2.45, 2.75) is 51.1 Å². The van der Waals surface area contributed by atoms with Crippen molar-refractivity contribution < 1.29 is 0 Å². The van der Waals surface area contributed by atoms with Gasteiger partial charge in [0.05, 0.1) is 0 Å². The first kappa shape index (κ1) is 12.9. The average molecular weight is 251 g/mol. The topological polar surface area (TPSA) is 18.5 Å². The van der Waals surface area contributed by atoms with E-state index in [1.165, 1.54) is 64.8 Å². The highest BCUT2D eigenvalue weighted by Crippen LogP contribution is 2.32. The second kappa shape index (κ2) is 5.10. The minimum atomic E-state index is 0.541. The van der Waals surface area contributed by atoms with Crippen LogP contribution in [0.5, 0.6) is 0 Å². The monoisotopic (exact) mass is 251 g/mol. The van der Waals surface area contributed by atoms with Gasteiger partial charge < -0.3 is 10.2 Å². The van der Waals surface area contributed by atoms with Gasteiger partial charge in [-0.25, -0.2) is 0 Å². The normalized spacial score (nSPS) is 34.0. The first-order valence-electron chi connectivity index (χ1n) is 7.81. The van der Waals surface area contributed by atoms with Gasteiger partial charge in [0, 0.05) is 31.7 Å². The molecule has 104 valence electrons. The summed E-state index contributed by atoms with van der Waals surface area (Å²) in [6.07, 6.45) is 6.99. The lowest BCUT2D eigenvalue weighted by Crippen LogP contribution is -2.45. The van der Waals surface area contributed by atoms with E-state index >= 15 is 0 Å². The van der Waals surface area contributed by atoms with Crippen molar-refractivity contribution >= 4 is 0 Å². The van der Waals surface area contributed by atoms with E-state index in [9.17, 15) is 0 Å². The van der Waals surface area contributed by atoms with Crippen LogP contribution in [0.1, 0.15) is 39.0 Å². The van der Waals surface area contributed by atoms with E-state index in [0.717, 1.165) is 12.1 Å². The van der Waals surface area contributed by atoms with Crippen molar-refractivity contribution in [1.29, 1.82) is 0 Å². The lowest BCUT2D eigenvalue weighted by atomic mass is 9.80. The molecule has 0 amide bonds. The van der Waals surface area contributed by atoms with Gasteiger partial charge in [0.2, 0.25) is 0 Å². The Morgan fingerprint density at radius 3 is 2.50 bits per heavy atom. The maximum Gasteiger partial charge on any atom is 0.0207 e. The van der Waals surface area contributed by atoms with Crippen LogP contribution in [0.25, 0.3) is 0 Å². The number of hydrogen-bond acceptors (Lipinski definition) is 3. The van der Waals surface area contributed by atoms with Gasteiger partial charge in [-0.2, -0.15) is 0 Å². The summed E-state index contributed by atoms with van der Waals surface area (Å²) in [5, 5.41) is 3.86. The zero-order chi connectivity index (χ0) is 12.6. The molecule has 2 heterocycles. The third-order valence-corrected chi connectivity index (χ3v) is 5.29. The Labute approximate surface area is 112 Å². The van der Waals surface area contributed by atoms with Gasteiger partial charge in [-0.05, 0) is 57.7 Å². The van der Waals surface area contributed by atoms with E-state index in [0.29, 0.717) is 5.41 Å². The van der Waals surface area contributed by atoms with Gasteiger partial charge >= 0.3 is 0 Å². The van der Waals surface area contributed by atoms with Gasteiger partial charge in [0.15, 0.2) is 0 Å². The van der Waals surface area contributed by atoms with Crippen molar-refractivity contribution in [3.63, 3.8) is 0 Å². The predicted molar refractivity (Wildman–Crippen MR) is 75.8 cm³/mol. The Kier molecular flexibility index (Phi) is 3.65. The highest BCUT2D eigenvalue weighted by atomic mass is 15.2. The number of nitrogens with one attached hydrogen (secondary N) is 1. The molecule has 3 rings (SSSR count). The molecule has 0 aromatic heterocycles. The largest absolute Gasteiger partial charge is 0.312 e. The average Bonchev–Trinajstić information content (AvgIpc) is 3.11. The molecule has 1 N–H and O–H groups in total. The fraction of sp³-hybridized carbons (Fsp3) is 1.00. The standard InChI is InChI=1S/C15H29N3/c1-15(6-9-17(2)10-7-15)12-16-13-5-8-18(11-13)14-3-4-14/h13-14,16H,3-12H2,1-2H3. The van der Waals surface area contributed by atoms with Crippen molar-refractivity contribution in [1.82, 2.24) is 15.1 Å². The number of piperidine rings is 1. The molecule has 18 heavy (non-hydrogen) atoms. The van der Waals surface area contributed by atoms with Crippen molar-refractivity contribution in [2.75, 3.05) is 39.8 Å². The fourth-order valence-electron chi connectivity index (χ4n) is 3.45. The summed E-state index contributed by atoms with van der Waals surface area (Å²) in [5.41, 5.74) is 0.541. The Morgan fingerprint density at radius 1 is 1.11 bits per heavy atom. The van der Waals surface area contributed by atoms with Crippen LogP contribution in [-0.4, -0.2) is 61.7 Å². The second-order valence-electron chi connectivity index (χ2n) is 7.21. The molecule has 0 spiro atoms. The number of hydrogen-bond donors (Lipinski definition) is 1. The maximum atomic E-state index is 3.86. The Morgan fingerprint density at radius 2 is 1.83 bits per heavy atom. The summed E-state index contributed by atoms with van der Waals surface area (Å²) in [7, 11) is 2.25. The highest BCUT2D eigenvalue weighted by molar-refractivity contribution is 4.93. The van der Waals surface area contributed by atoms with E-state index in [4.69, 9.17) is 0 Å². The molecular weight excluding hydrogens is 222 g/mol. The van der Waals surface area contributed by atoms with Crippen LogP contribution >= 0.6 is 0 Å². The predicted octanol–water partition coefficient (Wildman–Crippen LogP) is 1.54. The Hall–Kier alpha value is -0.120. The molecule has 1 saturated carbocycles. The van der Waals surface area contributed by atoms with Crippen LogP contribution < -0.4 is 5.32 Å². The fourth-order valence-corrected chi connectivity index (χ4v) is 3.45. The van der Waals surface area contributed by atoms with Gasteiger partial charge in [-0.15, -0.1) is 0 Å². The maximum absolute atomic E-state index is 3.86. The summed E-state index contributed by atoms with van der Waals surface area (Å²) < 4.78 is 0. The molecule has 1 atom stereocenters. The van der Waals surface area contributed by atoms with Gasteiger partial charge in [0.25, 0.3) is 0 Å². The van der Waals surface area contributed by atoms with Gasteiger partial charge in [-0.3, -0.25) is 4.90 Å². The SMILES string of the molecule is CN1CCC(C)(CNC2CCN(C3CC3)C2)CC1. The van der Waals surface area contributed by atoms with E-state index in [1.807, 2.05) is 0 Å². The van der Waals surface area contributed by atoms with Gasteiger partial charge in [0.1, 0.15) is 0 Å². The second-order valence-corrected chi connectivity index (χ2v) is 7.21. The summed E-state index contributed by atoms with van der Waals surface area (Å²) in [6.45, 7) is 8.89. The highest BCUT2D eigenvalue weighted by Gasteiger charge is 2.35. The third kappa shape index (κ3) is 3.06. The van der Waals surface area contributed by atoms with Crippen LogP contribution in [0, 0.1) is 5.41 Å². The first-order valence-corrected chi connectivity index (χ1v) is 7.81. The minimum Gasteiger partial charge on any atom is -0.312 e. The van der Waals surface area contributed by atoms with Crippen LogP contribution in [0.15, 0.2) is 0 Å². The molecule has 3 fully saturated rings.